The Morgan fingerprint density at radius 3 is 1.02 bits per heavy atom. The number of hydrogen-bond donors (Lipinski definition) is 3. The molecule has 3 atom stereocenters. The standard InChI is InChI=1S/C21H29F3N2O3S.C20H29F3N2O3S.C18H25F3N2O3S/c22-17-13-19(24)18(23)11-15(17)12-20(25)14-5-8-26(9-6-14)21(27)7-10-30(28,29)16-3-1-2-4-16;1-20(2,3)29(27,28)9-6-19(26)25-7-4-13(5-8-25)18(24)11-14-10-16(22)17(23)12-15(14)21;1-2-27(25,26)8-5-18(24)23-6-3-12(4-7-23)17(22)10-13-9-15(20)16(21)11-14(13)19/h11,13-14,16,20H,1-10,12,25H2;10,12-13,18H,4-9,11,24H2,1-3H3;9,11-12,17H,2-8,10,22H2,1H3/t20-;18-;17-/m111/s1. The number of hydrogen-bond acceptors (Lipinski definition) is 12. The van der Waals surface area contributed by atoms with Gasteiger partial charge in [0.2, 0.25) is 17.7 Å². The maximum Gasteiger partial charge on any atom is 0.223 e. The van der Waals surface area contributed by atoms with Crippen LogP contribution in [0.5, 0.6) is 0 Å². The molecular weight excluding hydrogens is 1200 g/mol. The van der Waals surface area contributed by atoms with Crippen molar-refractivity contribution in [1.82, 2.24) is 14.7 Å². The van der Waals surface area contributed by atoms with Crippen LogP contribution in [0.25, 0.3) is 0 Å². The van der Waals surface area contributed by atoms with Gasteiger partial charge in [0.1, 0.15) is 17.5 Å². The first-order valence-electron chi connectivity index (χ1n) is 29.3. The third-order valence-electron chi connectivity index (χ3n) is 17.1. The van der Waals surface area contributed by atoms with Gasteiger partial charge in [-0.2, -0.15) is 0 Å². The minimum absolute atomic E-state index is 0.00434. The van der Waals surface area contributed by atoms with Crippen molar-refractivity contribution >= 4 is 47.2 Å². The zero-order chi connectivity index (χ0) is 64.1. The smallest absolute Gasteiger partial charge is 0.223 e. The SMILES string of the molecule is CC(C)(C)S(=O)(=O)CCC(=O)N1CCC([C@H](N)Cc2cc(F)c(F)cc2F)CC1.CCS(=O)(=O)CCC(=O)N1CCC([C@H](N)Cc2cc(F)c(F)cc2F)CC1.N[C@H](Cc1cc(F)c(F)cc1F)C1CCN(C(=O)CCS(=O)(=O)C2CCCC2)CC1. The van der Waals surface area contributed by atoms with E-state index in [4.69, 9.17) is 17.2 Å². The molecule has 0 aromatic heterocycles. The molecular formula is C59H83F9N6O9S3. The van der Waals surface area contributed by atoms with E-state index in [9.17, 15) is 79.2 Å². The molecule has 3 amide bonds. The van der Waals surface area contributed by atoms with Gasteiger partial charge in [-0.3, -0.25) is 14.4 Å². The fourth-order valence-corrected chi connectivity index (χ4v) is 14.9. The van der Waals surface area contributed by atoms with E-state index in [0.29, 0.717) is 109 Å². The fraction of sp³-hybridized carbons (Fsp3) is 0.644. The number of sulfone groups is 3. The lowest BCUT2D eigenvalue weighted by Crippen LogP contribution is -2.44. The molecule has 3 aromatic rings. The second kappa shape index (κ2) is 31.6. The van der Waals surface area contributed by atoms with Gasteiger partial charge >= 0.3 is 0 Å². The molecule has 3 aromatic carbocycles. The van der Waals surface area contributed by atoms with Gasteiger partial charge < -0.3 is 31.9 Å². The highest BCUT2D eigenvalue weighted by atomic mass is 32.2. The Balaban J connectivity index is 0.000000236. The lowest BCUT2D eigenvalue weighted by Gasteiger charge is -2.35. The van der Waals surface area contributed by atoms with Gasteiger partial charge in [0.05, 0.1) is 27.3 Å². The Hall–Kier alpha value is -4.83. The van der Waals surface area contributed by atoms with Crippen molar-refractivity contribution in [3.8, 4) is 0 Å². The highest BCUT2D eigenvalue weighted by molar-refractivity contribution is 7.92. The van der Waals surface area contributed by atoms with Crippen LogP contribution in [0.4, 0.5) is 39.5 Å². The first kappa shape index (κ1) is 71.9. The van der Waals surface area contributed by atoms with Crippen LogP contribution in [0.2, 0.25) is 0 Å². The first-order chi connectivity index (χ1) is 40.1. The van der Waals surface area contributed by atoms with Crippen molar-refractivity contribution in [1.29, 1.82) is 0 Å². The molecule has 15 nitrogen and oxygen atoms in total. The Bertz CT molecular complexity index is 3150. The lowest BCUT2D eigenvalue weighted by atomic mass is 9.86. The van der Waals surface area contributed by atoms with Crippen LogP contribution in [-0.4, -0.2) is 148 Å². The molecule has 0 unspecified atom stereocenters. The average Bonchev–Trinajstić information content (AvgIpc) is 4.04. The normalized spacial score (nSPS) is 18.2. The maximum absolute atomic E-state index is 13.9. The quantitative estimate of drug-likeness (QED) is 0.0725. The molecule has 0 bridgehead atoms. The maximum atomic E-state index is 13.9. The van der Waals surface area contributed by atoms with Crippen molar-refractivity contribution in [3.63, 3.8) is 0 Å². The minimum atomic E-state index is -3.36. The molecule has 1 saturated carbocycles. The molecule has 4 aliphatic rings. The van der Waals surface area contributed by atoms with Gasteiger partial charge in [-0.25, -0.2) is 64.8 Å². The van der Waals surface area contributed by atoms with E-state index < -0.39 is 105 Å². The molecule has 484 valence electrons. The number of carbonyl (C=O) groups is 3. The molecule has 6 N–H and O–H groups in total. The van der Waals surface area contributed by atoms with E-state index >= 15 is 0 Å². The van der Waals surface area contributed by atoms with Crippen molar-refractivity contribution < 1.29 is 79.2 Å². The second-order valence-electron chi connectivity index (χ2n) is 24.0. The van der Waals surface area contributed by atoms with Crippen LogP contribution in [0.3, 0.4) is 0 Å². The number of benzene rings is 3. The molecule has 0 spiro atoms. The summed E-state index contributed by atoms with van der Waals surface area (Å²) in [6, 6.07) is 2.73. The molecule has 1 aliphatic carbocycles. The van der Waals surface area contributed by atoms with Crippen LogP contribution < -0.4 is 17.2 Å². The molecule has 7 rings (SSSR count). The number of halogens is 9. The zero-order valence-electron chi connectivity index (χ0n) is 49.3. The van der Waals surface area contributed by atoms with E-state index in [0.717, 1.165) is 31.0 Å². The summed E-state index contributed by atoms with van der Waals surface area (Å²) in [5.74, 6) is -10.5. The predicted octanol–water partition coefficient (Wildman–Crippen LogP) is 7.81. The zero-order valence-corrected chi connectivity index (χ0v) is 51.7. The topological polar surface area (TPSA) is 241 Å². The van der Waals surface area contributed by atoms with Crippen LogP contribution in [-0.2, 0) is 63.2 Å². The molecule has 3 saturated heterocycles. The first-order valence-corrected chi connectivity index (χ1v) is 34.4. The Kier molecular flexibility index (Phi) is 26.4. The third-order valence-corrected chi connectivity index (χ3v) is 23.7. The Labute approximate surface area is 500 Å². The summed E-state index contributed by atoms with van der Waals surface area (Å²) < 4.78 is 192. The molecule has 4 fully saturated rings. The summed E-state index contributed by atoms with van der Waals surface area (Å²) in [6.07, 6.45) is 6.96. The second-order valence-corrected chi connectivity index (χ2v) is 31.8. The number of rotatable bonds is 20. The van der Waals surface area contributed by atoms with E-state index in [1.54, 1.807) is 42.4 Å². The summed E-state index contributed by atoms with van der Waals surface area (Å²) >= 11 is 0. The minimum Gasteiger partial charge on any atom is -0.343 e. The highest BCUT2D eigenvalue weighted by Gasteiger charge is 2.35. The number of amides is 3. The van der Waals surface area contributed by atoms with Gasteiger partial charge in [0.25, 0.3) is 0 Å². The van der Waals surface area contributed by atoms with Crippen LogP contribution >= 0.6 is 0 Å². The number of carbonyl (C=O) groups excluding carboxylic acids is 3. The molecule has 27 heteroatoms. The van der Waals surface area contributed by atoms with Crippen LogP contribution in [0.1, 0.15) is 128 Å². The number of likely N-dealkylation sites (tertiary alicyclic amines) is 3. The van der Waals surface area contributed by atoms with Gasteiger partial charge in [-0.15, -0.1) is 0 Å². The van der Waals surface area contributed by atoms with Crippen LogP contribution in [0.15, 0.2) is 36.4 Å². The number of nitrogens with zero attached hydrogens (tertiary/aromatic N) is 3. The van der Waals surface area contributed by atoms with Gasteiger partial charge in [0.15, 0.2) is 64.4 Å². The summed E-state index contributed by atoms with van der Waals surface area (Å²) in [5.41, 5.74) is 18.6. The fourth-order valence-electron chi connectivity index (χ4n) is 11.2. The molecule has 3 heterocycles. The number of piperidine rings is 3. The summed E-state index contributed by atoms with van der Waals surface area (Å²) in [5, 5.41) is -0.300. The summed E-state index contributed by atoms with van der Waals surface area (Å²) in [4.78, 5) is 41.8. The van der Waals surface area contributed by atoms with Crippen molar-refractivity contribution in [2.75, 3.05) is 62.3 Å². The summed E-state index contributed by atoms with van der Waals surface area (Å²) in [7, 11) is -9.77. The van der Waals surface area contributed by atoms with Gasteiger partial charge in [0, 0.05) is 101 Å². The Morgan fingerprint density at radius 2 is 0.733 bits per heavy atom. The Morgan fingerprint density at radius 1 is 0.453 bits per heavy atom. The predicted molar refractivity (Wildman–Crippen MR) is 310 cm³/mol. The third kappa shape index (κ3) is 20.9. The van der Waals surface area contributed by atoms with Crippen molar-refractivity contribution in [3.05, 3.63) is 105 Å². The number of nitrogens with two attached hydrogens (primary N) is 3. The van der Waals surface area contributed by atoms with E-state index in [-0.39, 0.29) is 119 Å². The van der Waals surface area contributed by atoms with E-state index in [1.165, 1.54) is 0 Å². The van der Waals surface area contributed by atoms with Crippen molar-refractivity contribution in [2.24, 2.45) is 35.0 Å². The highest BCUT2D eigenvalue weighted by Crippen LogP contribution is 2.30. The van der Waals surface area contributed by atoms with Gasteiger partial charge in [-0.1, -0.05) is 19.8 Å². The average molecular weight is 1290 g/mol. The van der Waals surface area contributed by atoms with E-state index in [1.807, 2.05) is 0 Å². The van der Waals surface area contributed by atoms with E-state index in [2.05, 4.69) is 0 Å². The monoisotopic (exact) mass is 1290 g/mol. The summed E-state index contributed by atoms with van der Waals surface area (Å²) in [6.45, 7) is 9.05. The largest absolute Gasteiger partial charge is 0.343 e. The van der Waals surface area contributed by atoms with Crippen LogP contribution in [0, 0.1) is 70.1 Å². The van der Waals surface area contributed by atoms with Crippen molar-refractivity contribution in [2.45, 2.75) is 159 Å². The molecule has 3 aliphatic heterocycles. The molecule has 86 heavy (non-hydrogen) atoms. The van der Waals surface area contributed by atoms with Gasteiger partial charge in [-0.05, 0) is 144 Å². The molecule has 0 radical (unpaired) electrons. The lowest BCUT2D eigenvalue weighted by molar-refractivity contribution is -0.133.